The van der Waals surface area contributed by atoms with Crippen molar-refractivity contribution in [3.05, 3.63) is 64.5 Å². The van der Waals surface area contributed by atoms with Crippen molar-refractivity contribution in [1.29, 1.82) is 0 Å². The number of hydrogen-bond acceptors (Lipinski definition) is 3. The van der Waals surface area contributed by atoms with E-state index < -0.39 is 17.6 Å². The zero-order valence-electron chi connectivity index (χ0n) is 11.7. The van der Waals surface area contributed by atoms with Gasteiger partial charge in [-0.25, -0.2) is 13.6 Å². The van der Waals surface area contributed by atoms with Gasteiger partial charge in [-0.05, 0) is 17.7 Å². The molecule has 22 heavy (non-hydrogen) atoms. The quantitative estimate of drug-likeness (QED) is 0.673. The second-order valence-corrected chi connectivity index (χ2v) is 4.71. The van der Waals surface area contributed by atoms with Crippen LogP contribution < -0.4 is 10.4 Å². The highest BCUT2D eigenvalue weighted by Gasteiger charge is 2.23. The van der Waals surface area contributed by atoms with Crippen molar-refractivity contribution >= 4 is 11.0 Å². The van der Waals surface area contributed by atoms with Gasteiger partial charge in [0, 0.05) is 17.0 Å². The van der Waals surface area contributed by atoms with Crippen molar-refractivity contribution in [2.24, 2.45) is 0 Å². The van der Waals surface area contributed by atoms with Crippen molar-refractivity contribution < 1.29 is 17.9 Å². The van der Waals surface area contributed by atoms with Gasteiger partial charge in [-0.1, -0.05) is 30.3 Å². The molecule has 3 nitrogen and oxygen atoms in total. The van der Waals surface area contributed by atoms with E-state index in [0.29, 0.717) is 16.7 Å². The van der Waals surface area contributed by atoms with Gasteiger partial charge in [0.25, 0.3) is 6.43 Å². The molecule has 0 aliphatic carbocycles. The molecule has 2 aromatic carbocycles. The molecular weight excluding hydrogens is 290 g/mol. The molecule has 0 atom stereocenters. The van der Waals surface area contributed by atoms with Crippen LogP contribution in [0, 0.1) is 0 Å². The molecule has 1 heterocycles. The van der Waals surface area contributed by atoms with E-state index >= 15 is 0 Å². The van der Waals surface area contributed by atoms with Gasteiger partial charge in [0.2, 0.25) is 0 Å². The Balaban J connectivity index is 2.44. The molecule has 5 heteroatoms. The summed E-state index contributed by atoms with van der Waals surface area (Å²) in [7, 11) is 1.48. The molecular formula is C17H12F2O3. The zero-order chi connectivity index (χ0) is 15.7. The van der Waals surface area contributed by atoms with E-state index in [1.165, 1.54) is 13.2 Å². The summed E-state index contributed by atoms with van der Waals surface area (Å²) < 4.78 is 36.8. The summed E-state index contributed by atoms with van der Waals surface area (Å²) in [6.07, 6.45) is -2.92. The number of hydrogen-bond donors (Lipinski definition) is 0. The van der Waals surface area contributed by atoms with Gasteiger partial charge in [0.15, 0.2) is 0 Å². The minimum Gasteiger partial charge on any atom is -0.497 e. The van der Waals surface area contributed by atoms with Gasteiger partial charge < -0.3 is 9.15 Å². The van der Waals surface area contributed by atoms with Crippen LogP contribution in [0.25, 0.3) is 22.1 Å². The van der Waals surface area contributed by atoms with Crippen LogP contribution in [-0.4, -0.2) is 7.11 Å². The third kappa shape index (κ3) is 2.35. The standard InChI is InChI=1S/C17H12F2O3/c1-21-11-7-8-12-13(9-11)22-17(20)15(16(18)19)14(12)10-5-3-2-4-6-10/h2-9,16H,1H3. The highest BCUT2D eigenvalue weighted by Crippen LogP contribution is 2.35. The Morgan fingerprint density at radius 1 is 1.09 bits per heavy atom. The summed E-state index contributed by atoms with van der Waals surface area (Å²) in [5, 5.41) is 0.446. The number of alkyl halides is 2. The summed E-state index contributed by atoms with van der Waals surface area (Å²) >= 11 is 0. The van der Waals surface area contributed by atoms with Gasteiger partial charge in [-0.3, -0.25) is 0 Å². The van der Waals surface area contributed by atoms with Crippen LogP contribution in [0.1, 0.15) is 12.0 Å². The minimum absolute atomic E-state index is 0.199. The van der Waals surface area contributed by atoms with Gasteiger partial charge >= 0.3 is 5.63 Å². The predicted molar refractivity (Wildman–Crippen MR) is 79.4 cm³/mol. The molecule has 0 unspecified atom stereocenters. The first-order chi connectivity index (χ1) is 10.6. The fraction of sp³-hybridized carbons (Fsp3) is 0.118. The highest BCUT2D eigenvalue weighted by atomic mass is 19.3. The Morgan fingerprint density at radius 3 is 2.45 bits per heavy atom. The van der Waals surface area contributed by atoms with Crippen molar-refractivity contribution in [2.75, 3.05) is 7.11 Å². The molecule has 0 saturated carbocycles. The summed E-state index contributed by atoms with van der Waals surface area (Å²) in [6.45, 7) is 0. The van der Waals surface area contributed by atoms with E-state index in [0.717, 1.165) is 0 Å². The number of rotatable bonds is 3. The fourth-order valence-electron chi connectivity index (χ4n) is 2.44. The van der Waals surface area contributed by atoms with Crippen molar-refractivity contribution in [3.8, 4) is 16.9 Å². The first-order valence-corrected chi connectivity index (χ1v) is 6.60. The van der Waals surface area contributed by atoms with E-state index in [1.807, 2.05) is 0 Å². The molecule has 3 rings (SSSR count). The predicted octanol–water partition coefficient (Wildman–Crippen LogP) is 4.41. The average molecular weight is 302 g/mol. The van der Waals surface area contributed by atoms with Crippen molar-refractivity contribution in [1.82, 2.24) is 0 Å². The smallest absolute Gasteiger partial charge is 0.345 e. The molecule has 0 aliphatic rings. The molecule has 0 amide bonds. The van der Waals surface area contributed by atoms with Crippen molar-refractivity contribution in [2.45, 2.75) is 6.43 Å². The number of halogens is 2. The first kappa shape index (κ1) is 14.3. The van der Waals surface area contributed by atoms with E-state index in [9.17, 15) is 13.6 Å². The largest absolute Gasteiger partial charge is 0.497 e. The topological polar surface area (TPSA) is 39.4 Å². The van der Waals surface area contributed by atoms with Crippen LogP contribution in [0.5, 0.6) is 5.75 Å². The molecule has 112 valence electrons. The van der Waals surface area contributed by atoms with Gasteiger partial charge in [-0.2, -0.15) is 0 Å². The third-order valence-corrected chi connectivity index (χ3v) is 3.43. The SMILES string of the molecule is COc1ccc2c(-c3ccccc3)c(C(F)F)c(=O)oc2c1. The van der Waals surface area contributed by atoms with Gasteiger partial charge in [0.1, 0.15) is 16.9 Å². The first-order valence-electron chi connectivity index (χ1n) is 6.60. The maximum absolute atomic E-state index is 13.4. The van der Waals surface area contributed by atoms with Crippen LogP contribution in [0.15, 0.2) is 57.7 Å². The second-order valence-electron chi connectivity index (χ2n) is 4.71. The van der Waals surface area contributed by atoms with Gasteiger partial charge in [0.05, 0.1) is 7.11 Å². The van der Waals surface area contributed by atoms with Crippen LogP contribution in [0.4, 0.5) is 8.78 Å². The van der Waals surface area contributed by atoms with Gasteiger partial charge in [-0.15, -0.1) is 0 Å². The Labute approximate surface area is 124 Å². The van der Waals surface area contributed by atoms with Crippen molar-refractivity contribution in [3.63, 3.8) is 0 Å². The lowest BCUT2D eigenvalue weighted by Crippen LogP contribution is -2.10. The van der Waals surface area contributed by atoms with E-state index in [-0.39, 0.29) is 11.1 Å². The Kier molecular flexibility index (Phi) is 3.63. The molecule has 0 fully saturated rings. The fourth-order valence-corrected chi connectivity index (χ4v) is 2.44. The molecule has 0 N–H and O–H groups in total. The van der Waals surface area contributed by atoms with E-state index in [1.54, 1.807) is 42.5 Å². The number of ether oxygens (including phenoxy) is 1. The third-order valence-electron chi connectivity index (χ3n) is 3.43. The van der Waals surface area contributed by atoms with Crippen LogP contribution >= 0.6 is 0 Å². The van der Waals surface area contributed by atoms with Crippen LogP contribution in [0.2, 0.25) is 0 Å². The highest BCUT2D eigenvalue weighted by molar-refractivity contribution is 5.95. The lowest BCUT2D eigenvalue weighted by molar-refractivity contribution is 0.147. The number of fused-ring (bicyclic) bond motifs is 1. The Bertz CT molecular complexity index is 870. The van der Waals surface area contributed by atoms with E-state index in [4.69, 9.17) is 9.15 Å². The molecule has 0 saturated heterocycles. The second kappa shape index (κ2) is 5.60. The Hall–Kier alpha value is -2.69. The lowest BCUT2D eigenvalue weighted by Gasteiger charge is -2.12. The summed E-state index contributed by atoms with van der Waals surface area (Å²) in [4.78, 5) is 12.0. The molecule has 0 spiro atoms. The summed E-state index contributed by atoms with van der Waals surface area (Å²) in [5.74, 6) is 0.486. The molecule has 3 aromatic rings. The normalized spacial score (nSPS) is 11.1. The van der Waals surface area contributed by atoms with Crippen LogP contribution in [-0.2, 0) is 0 Å². The maximum Gasteiger partial charge on any atom is 0.345 e. The summed E-state index contributed by atoms with van der Waals surface area (Å²) in [5.41, 5.74) is -0.698. The molecule has 1 aromatic heterocycles. The average Bonchev–Trinajstić information content (AvgIpc) is 2.53. The molecule has 0 bridgehead atoms. The number of benzene rings is 2. The van der Waals surface area contributed by atoms with E-state index in [2.05, 4.69) is 0 Å². The maximum atomic E-state index is 13.4. The monoisotopic (exact) mass is 302 g/mol. The lowest BCUT2D eigenvalue weighted by atomic mass is 9.97. The Morgan fingerprint density at radius 2 is 1.82 bits per heavy atom. The molecule has 0 radical (unpaired) electrons. The summed E-state index contributed by atoms with van der Waals surface area (Å²) in [6, 6.07) is 13.4. The van der Waals surface area contributed by atoms with Crippen LogP contribution in [0.3, 0.4) is 0 Å². The molecule has 0 aliphatic heterocycles. The zero-order valence-corrected chi connectivity index (χ0v) is 11.7. The number of methoxy groups -OCH3 is 1. The minimum atomic E-state index is -2.92.